The first-order chi connectivity index (χ1) is 15.6. The third kappa shape index (κ3) is 4.99. The van der Waals surface area contributed by atoms with E-state index in [0.717, 1.165) is 37.9 Å². The smallest absolute Gasteiger partial charge is 0.277 e. The first-order valence-electron chi connectivity index (χ1n) is 11.3. The molecule has 2 aromatic carbocycles. The summed E-state index contributed by atoms with van der Waals surface area (Å²) < 4.78 is 5.84. The third-order valence-electron chi connectivity index (χ3n) is 5.98. The fourth-order valence-electron chi connectivity index (χ4n) is 4.18. The summed E-state index contributed by atoms with van der Waals surface area (Å²) in [5.41, 5.74) is 4.61. The monoisotopic (exact) mass is 450 g/mol. The molecule has 0 saturated carbocycles. The molecule has 1 N–H and O–H groups in total. The van der Waals surface area contributed by atoms with Crippen LogP contribution in [-0.4, -0.2) is 34.4 Å². The number of hydrogen-bond acceptors (Lipinski definition) is 6. The van der Waals surface area contributed by atoms with Crippen LogP contribution in [-0.2, 0) is 11.2 Å². The highest BCUT2D eigenvalue weighted by atomic mass is 32.2. The average molecular weight is 451 g/mol. The number of hydrogen-bond donors (Lipinski definition) is 1. The molecule has 3 aromatic rings. The number of carbonyl (C=O) groups excluding carboxylic acids is 1. The van der Waals surface area contributed by atoms with Gasteiger partial charge < -0.3 is 14.6 Å². The molecule has 1 aliphatic carbocycles. The summed E-state index contributed by atoms with van der Waals surface area (Å²) in [6, 6.07) is 16.6. The summed E-state index contributed by atoms with van der Waals surface area (Å²) in [7, 11) is 0. The van der Waals surface area contributed by atoms with Crippen LogP contribution in [0.3, 0.4) is 0 Å². The fourth-order valence-corrected chi connectivity index (χ4v) is 4.87. The van der Waals surface area contributed by atoms with Gasteiger partial charge in [-0.3, -0.25) is 4.79 Å². The van der Waals surface area contributed by atoms with Crippen LogP contribution in [0.4, 0.5) is 5.69 Å². The number of benzene rings is 2. The van der Waals surface area contributed by atoms with Gasteiger partial charge in [0.25, 0.3) is 5.22 Å². The molecule has 168 valence electrons. The Bertz CT molecular complexity index is 1050. The van der Waals surface area contributed by atoms with Gasteiger partial charge >= 0.3 is 0 Å². The van der Waals surface area contributed by atoms with Gasteiger partial charge in [0, 0.05) is 24.3 Å². The Kier molecular flexibility index (Phi) is 7.15. The Morgan fingerprint density at radius 3 is 2.66 bits per heavy atom. The van der Waals surface area contributed by atoms with Crippen molar-refractivity contribution in [2.24, 2.45) is 0 Å². The van der Waals surface area contributed by atoms with Crippen LogP contribution in [0.15, 0.2) is 58.2 Å². The van der Waals surface area contributed by atoms with Crippen LogP contribution in [0.1, 0.15) is 50.8 Å². The molecular weight excluding hydrogens is 420 g/mol. The fraction of sp³-hybridized carbons (Fsp3) is 0.400. The van der Waals surface area contributed by atoms with Gasteiger partial charge in [-0.05, 0) is 75.4 Å². The first-order valence-corrected chi connectivity index (χ1v) is 12.2. The Balaban J connectivity index is 1.37. The maximum absolute atomic E-state index is 12.8. The lowest BCUT2D eigenvalue weighted by Crippen LogP contribution is -2.35. The lowest BCUT2D eigenvalue weighted by molar-refractivity contribution is -0.121. The van der Waals surface area contributed by atoms with E-state index in [1.807, 2.05) is 25.1 Å². The molecule has 0 aliphatic heterocycles. The second kappa shape index (κ2) is 10.2. The Morgan fingerprint density at radius 1 is 1.16 bits per heavy atom. The number of rotatable bonds is 8. The third-order valence-corrected chi connectivity index (χ3v) is 6.92. The molecule has 1 aliphatic rings. The van der Waals surface area contributed by atoms with Crippen molar-refractivity contribution in [3.05, 3.63) is 59.7 Å². The van der Waals surface area contributed by atoms with E-state index in [1.165, 1.54) is 28.6 Å². The Hall–Kier alpha value is -2.80. The van der Waals surface area contributed by atoms with Crippen LogP contribution in [0.2, 0.25) is 0 Å². The molecule has 0 bridgehead atoms. The zero-order valence-corrected chi connectivity index (χ0v) is 19.7. The van der Waals surface area contributed by atoms with E-state index in [2.05, 4.69) is 64.6 Å². The number of nitrogens with one attached hydrogen (secondary N) is 1. The predicted molar refractivity (Wildman–Crippen MR) is 129 cm³/mol. The van der Waals surface area contributed by atoms with Gasteiger partial charge in [-0.2, -0.15) is 0 Å². The number of anilines is 1. The predicted octanol–water partition coefficient (Wildman–Crippen LogP) is 5.26. The summed E-state index contributed by atoms with van der Waals surface area (Å²) in [6.45, 7) is 8.08. The Morgan fingerprint density at radius 2 is 1.91 bits per heavy atom. The van der Waals surface area contributed by atoms with Gasteiger partial charge in [0.2, 0.25) is 11.8 Å². The van der Waals surface area contributed by atoms with Gasteiger partial charge in [0.05, 0.1) is 11.3 Å². The largest absolute Gasteiger partial charge is 0.411 e. The second-order valence-corrected chi connectivity index (χ2v) is 9.30. The standard InChI is InChI=1S/C25H30N4O2S/c1-4-29(5-2)20-15-13-19(14-16-20)24-27-28-25(31-24)32-17(3)23(30)26-22-12-8-10-18-9-6-7-11-21(18)22/h6-7,9,11,13-17,22H,4-5,8,10,12H2,1-3H3,(H,26,30). The van der Waals surface area contributed by atoms with Gasteiger partial charge in [0.1, 0.15) is 0 Å². The van der Waals surface area contributed by atoms with E-state index in [1.54, 1.807) is 0 Å². The number of aryl methyl sites for hydroxylation is 1. The van der Waals surface area contributed by atoms with Crippen LogP contribution in [0.25, 0.3) is 11.5 Å². The average Bonchev–Trinajstić information content (AvgIpc) is 3.29. The highest BCUT2D eigenvalue weighted by molar-refractivity contribution is 8.00. The molecular formula is C25H30N4O2S. The van der Waals surface area contributed by atoms with Crippen LogP contribution in [0.5, 0.6) is 0 Å². The zero-order valence-electron chi connectivity index (χ0n) is 18.9. The van der Waals surface area contributed by atoms with Gasteiger partial charge in [0.15, 0.2) is 0 Å². The van der Waals surface area contributed by atoms with Crippen molar-refractivity contribution in [2.75, 3.05) is 18.0 Å². The molecule has 1 aromatic heterocycles. The number of fused-ring (bicyclic) bond motifs is 1. The molecule has 2 unspecified atom stereocenters. The summed E-state index contributed by atoms with van der Waals surface area (Å²) in [4.78, 5) is 15.1. The molecule has 0 fully saturated rings. The summed E-state index contributed by atoms with van der Waals surface area (Å²) in [5.74, 6) is 0.451. The number of amides is 1. The number of carbonyl (C=O) groups is 1. The first kappa shape index (κ1) is 22.4. The molecule has 0 saturated heterocycles. The van der Waals surface area contributed by atoms with Crippen molar-refractivity contribution < 1.29 is 9.21 Å². The maximum atomic E-state index is 12.8. The number of aromatic nitrogens is 2. The van der Waals surface area contributed by atoms with Crippen LogP contribution >= 0.6 is 11.8 Å². The van der Waals surface area contributed by atoms with E-state index in [-0.39, 0.29) is 17.2 Å². The topological polar surface area (TPSA) is 71.3 Å². The molecule has 6 nitrogen and oxygen atoms in total. The zero-order chi connectivity index (χ0) is 22.5. The molecule has 32 heavy (non-hydrogen) atoms. The molecule has 2 atom stereocenters. The normalized spacial score (nSPS) is 16.3. The van der Waals surface area contributed by atoms with Crippen molar-refractivity contribution in [3.63, 3.8) is 0 Å². The molecule has 7 heteroatoms. The molecule has 0 radical (unpaired) electrons. The lowest BCUT2D eigenvalue weighted by atomic mass is 9.88. The van der Waals surface area contributed by atoms with Gasteiger partial charge in [-0.15, -0.1) is 10.2 Å². The molecule has 1 heterocycles. The van der Waals surface area contributed by atoms with E-state index >= 15 is 0 Å². The number of nitrogens with zero attached hydrogens (tertiary/aromatic N) is 3. The molecule has 1 amide bonds. The van der Waals surface area contributed by atoms with E-state index < -0.39 is 0 Å². The van der Waals surface area contributed by atoms with Gasteiger partial charge in [-0.25, -0.2) is 0 Å². The van der Waals surface area contributed by atoms with E-state index in [0.29, 0.717) is 11.1 Å². The van der Waals surface area contributed by atoms with Crippen molar-refractivity contribution in [1.29, 1.82) is 0 Å². The Labute approximate surface area is 193 Å². The molecule has 4 rings (SSSR count). The highest BCUT2D eigenvalue weighted by Gasteiger charge is 2.25. The lowest BCUT2D eigenvalue weighted by Gasteiger charge is -2.27. The van der Waals surface area contributed by atoms with Crippen LogP contribution in [0, 0.1) is 0 Å². The van der Waals surface area contributed by atoms with Gasteiger partial charge in [-0.1, -0.05) is 36.0 Å². The van der Waals surface area contributed by atoms with Crippen molar-refractivity contribution in [1.82, 2.24) is 15.5 Å². The minimum atomic E-state index is -0.331. The minimum absolute atomic E-state index is 0.0139. The van der Waals surface area contributed by atoms with Crippen LogP contribution < -0.4 is 10.2 Å². The van der Waals surface area contributed by atoms with E-state index in [4.69, 9.17) is 4.42 Å². The second-order valence-electron chi connectivity index (χ2n) is 8.00. The van der Waals surface area contributed by atoms with Crippen molar-refractivity contribution in [2.45, 2.75) is 56.5 Å². The SMILES string of the molecule is CCN(CC)c1ccc(-c2nnc(SC(C)C(=O)NC3CCCc4ccccc43)o2)cc1. The minimum Gasteiger partial charge on any atom is -0.411 e. The molecule has 0 spiro atoms. The summed E-state index contributed by atoms with van der Waals surface area (Å²) >= 11 is 1.29. The van der Waals surface area contributed by atoms with Crippen molar-refractivity contribution >= 4 is 23.4 Å². The highest BCUT2D eigenvalue weighted by Crippen LogP contribution is 2.31. The number of thioether (sulfide) groups is 1. The quantitative estimate of drug-likeness (QED) is 0.472. The summed E-state index contributed by atoms with van der Waals surface area (Å²) in [5, 5.41) is 11.6. The summed E-state index contributed by atoms with van der Waals surface area (Å²) in [6.07, 6.45) is 3.13. The maximum Gasteiger partial charge on any atom is 0.277 e. The van der Waals surface area contributed by atoms with E-state index in [9.17, 15) is 4.79 Å². The van der Waals surface area contributed by atoms with Crippen molar-refractivity contribution in [3.8, 4) is 11.5 Å².